The normalized spacial score (nSPS) is 15.3. The predicted molar refractivity (Wildman–Crippen MR) is 94.4 cm³/mol. The molecule has 0 bridgehead atoms. The summed E-state index contributed by atoms with van der Waals surface area (Å²) < 4.78 is 0. The van der Waals surface area contributed by atoms with Gasteiger partial charge in [-0.15, -0.1) is 0 Å². The molecule has 1 saturated heterocycles. The van der Waals surface area contributed by atoms with Crippen molar-refractivity contribution in [3.8, 4) is 0 Å². The molecule has 3 rings (SSSR count). The zero-order chi connectivity index (χ0) is 16.9. The molecule has 1 fully saturated rings. The molecular weight excluding hydrogens is 326 g/mol. The van der Waals surface area contributed by atoms with E-state index in [0.717, 1.165) is 18.9 Å². The molecule has 5 nitrogen and oxygen atoms in total. The van der Waals surface area contributed by atoms with Gasteiger partial charge >= 0.3 is 0 Å². The topological polar surface area (TPSA) is 65.5 Å². The van der Waals surface area contributed by atoms with Gasteiger partial charge in [-0.05, 0) is 42.7 Å². The summed E-state index contributed by atoms with van der Waals surface area (Å²) in [5, 5.41) is 13.5. The monoisotopic (exact) mass is 345 g/mol. The molecule has 1 aliphatic heterocycles. The maximum atomic E-state index is 12.2. The summed E-state index contributed by atoms with van der Waals surface area (Å²) in [6.07, 6.45) is 3.18. The SMILES string of the molecule is O=C(NCC(O)c1ccc(Cl)cc1)c1ccc(N2CCCC2)nc1. The van der Waals surface area contributed by atoms with Crippen LogP contribution >= 0.6 is 11.6 Å². The maximum absolute atomic E-state index is 12.2. The number of amides is 1. The second kappa shape index (κ2) is 7.64. The molecule has 1 aromatic carbocycles. The molecule has 2 aromatic rings. The molecule has 0 aliphatic carbocycles. The van der Waals surface area contributed by atoms with Crippen LogP contribution in [0.15, 0.2) is 42.6 Å². The lowest BCUT2D eigenvalue weighted by atomic mass is 10.1. The molecule has 24 heavy (non-hydrogen) atoms. The highest BCUT2D eigenvalue weighted by atomic mass is 35.5. The Balaban J connectivity index is 1.55. The first-order valence-corrected chi connectivity index (χ1v) is 8.44. The Kier molecular flexibility index (Phi) is 5.33. The smallest absolute Gasteiger partial charge is 0.252 e. The molecule has 1 amide bonds. The van der Waals surface area contributed by atoms with Crippen molar-refractivity contribution in [2.45, 2.75) is 18.9 Å². The zero-order valence-corrected chi connectivity index (χ0v) is 14.0. The van der Waals surface area contributed by atoms with E-state index in [0.29, 0.717) is 16.1 Å². The summed E-state index contributed by atoms with van der Waals surface area (Å²) in [4.78, 5) is 18.7. The molecule has 126 valence electrons. The number of aromatic nitrogens is 1. The number of carbonyl (C=O) groups excluding carboxylic acids is 1. The number of nitrogens with zero attached hydrogens (tertiary/aromatic N) is 2. The molecule has 0 saturated carbocycles. The van der Waals surface area contributed by atoms with E-state index in [4.69, 9.17) is 11.6 Å². The van der Waals surface area contributed by atoms with E-state index < -0.39 is 6.10 Å². The number of rotatable bonds is 5. The first-order chi connectivity index (χ1) is 11.6. The fourth-order valence-electron chi connectivity index (χ4n) is 2.75. The number of hydrogen-bond donors (Lipinski definition) is 2. The molecule has 1 aliphatic rings. The largest absolute Gasteiger partial charge is 0.387 e. The van der Waals surface area contributed by atoms with E-state index in [9.17, 15) is 9.90 Å². The van der Waals surface area contributed by atoms with Crippen molar-refractivity contribution in [1.29, 1.82) is 0 Å². The Morgan fingerprint density at radius 1 is 1.21 bits per heavy atom. The number of anilines is 1. The first kappa shape index (κ1) is 16.7. The van der Waals surface area contributed by atoms with Crippen LogP contribution < -0.4 is 10.2 Å². The van der Waals surface area contributed by atoms with Crippen LogP contribution in [0.1, 0.15) is 34.9 Å². The third-order valence-electron chi connectivity index (χ3n) is 4.15. The van der Waals surface area contributed by atoms with E-state index in [2.05, 4.69) is 15.2 Å². The average molecular weight is 346 g/mol. The van der Waals surface area contributed by atoms with Gasteiger partial charge in [0.2, 0.25) is 0 Å². The van der Waals surface area contributed by atoms with Gasteiger partial charge in [0, 0.05) is 30.9 Å². The van der Waals surface area contributed by atoms with E-state index in [1.54, 1.807) is 36.5 Å². The highest BCUT2D eigenvalue weighted by Gasteiger charge is 2.15. The van der Waals surface area contributed by atoms with Crippen molar-refractivity contribution in [2.24, 2.45) is 0 Å². The molecule has 0 spiro atoms. The van der Waals surface area contributed by atoms with Gasteiger partial charge in [0.05, 0.1) is 11.7 Å². The predicted octanol–water partition coefficient (Wildman–Crippen LogP) is 2.80. The van der Waals surface area contributed by atoms with Crippen LogP contribution in [0.4, 0.5) is 5.82 Å². The van der Waals surface area contributed by atoms with Crippen LogP contribution in [0.3, 0.4) is 0 Å². The highest BCUT2D eigenvalue weighted by Crippen LogP contribution is 2.18. The average Bonchev–Trinajstić information content (AvgIpc) is 3.15. The lowest BCUT2D eigenvalue weighted by Gasteiger charge is -2.16. The van der Waals surface area contributed by atoms with Gasteiger partial charge < -0.3 is 15.3 Å². The number of carbonyl (C=O) groups is 1. The van der Waals surface area contributed by atoms with Gasteiger partial charge in [-0.2, -0.15) is 0 Å². The Hall–Kier alpha value is -2.11. The van der Waals surface area contributed by atoms with Crippen molar-refractivity contribution in [3.05, 3.63) is 58.7 Å². The molecular formula is C18H20ClN3O2. The number of benzene rings is 1. The van der Waals surface area contributed by atoms with Crippen molar-refractivity contribution in [2.75, 3.05) is 24.5 Å². The van der Waals surface area contributed by atoms with E-state index in [1.165, 1.54) is 12.8 Å². The highest BCUT2D eigenvalue weighted by molar-refractivity contribution is 6.30. The Labute approximate surface area is 146 Å². The number of pyridine rings is 1. The third kappa shape index (κ3) is 4.04. The van der Waals surface area contributed by atoms with E-state index in [1.807, 2.05) is 6.07 Å². The number of hydrogen-bond acceptors (Lipinski definition) is 4. The fraction of sp³-hybridized carbons (Fsp3) is 0.333. The van der Waals surface area contributed by atoms with Crippen molar-refractivity contribution < 1.29 is 9.90 Å². The Morgan fingerprint density at radius 2 is 1.92 bits per heavy atom. The van der Waals surface area contributed by atoms with Crippen LogP contribution in [0.25, 0.3) is 0 Å². The third-order valence-corrected chi connectivity index (χ3v) is 4.40. The van der Waals surface area contributed by atoms with E-state index >= 15 is 0 Å². The minimum Gasteiger partial charge on any atom is -0.387 e. The molecule has 1 aromatic heterocycles. The van der Waals surface area contributed by atoms with Gasteiger partial charge in [0.15, 0.2) is 0 Å². The quantitative estimate of drug-likeness (QED) is 0.874. The lowest BCUT2D eigenvalue weighted by Crippen LogP contribution is -2.28. The van der Waals surface area contributed by atoms with Crippen LogP contribution in [0.5, 0.6) is 0 Å². The summed E-state index contributed by atoms with van der Waals surface area (Å²) >= 11 is 5.82. The minimum atomic E-state index is -0.775. The van der Waals surface area contributed by atoms with Gasteiger partial charge in [-0.25, -0.2) is 4.98 Å². The molecule has 1 unspecified atom stereocenters. The molecule has 0 radical (unpaired) electrons. The zero-order valence-electron chi connectivity index (χ0n) is 13.3. The Morgan fingerprint density at radius 3 is 2.54 bits per heavy atom. The van der Waals surface area contributed by atoms with Crippen LogP contribution in [0, 0.1) is 0 Å². The number of aliphatic hydroxyl groups excluding tert-OH is 1. The maximum Gasteiger partial charge on any atom is 0.252 e. The summed E-state index contributed by atoms with van der Waals surface area (Å²) in [5.41, 5.74) is 1.20. The van der Waals surface area contributed by atoms with Gasteiger partial charge in [0.25, 0.3) is 5.91 Å². The van der Waals surface area contributed by atoms with Crippen molar-refractivity contribution >= 4 is 23.3 Å². The first-order valence-electron chi connectivity index (χ1n) is 8.06. The number of halogens is 1. The fourth-order valence-corrected chi connectivity index (χ4v) is 2.87. The summed E-state index contributed by atoms with van der Waals surface area (Å²) in [6.45, 7) is 2.17. The minimum absolute atomic E-state index is 0.133. The van der Waals surface area contributed by atoms with E-state index in [-0.39, 0.29) is 12.5 Å². The molecule has 6 heteroatoms. The van der Waals surface area contributed by atoms with Crippen molar-refractivity contribution in [3.63, 3.8) is 0 Å². The van der Waals surface area contributed by atoms with Crippen LogP contribution in [-0.2, 0) is 0 Å². The van der Waals surface area contributed by atoms with Gasteiger partial charge in [-0.1, -0.05) is 23.7 Å². The Bertz CT molecular complexity index is 682. The second-order valence-electron chi connectivity index (χ2n) is 5.88. The molecule has 1 atom stereocenters. The number of nitrogens with one attached hydrogen (secondary N) is 1. The standard InChI is InChI=1S/C18H20ClN3O2/c19-15-6-3-13(4-7-15)16(23)12-21-18(24)14-5-8-17(20-11-14)22-9-1-2-10-22/h3-8,11,16,23H,1-2,9-10,12H2,(H,21,24). The van der Waals surface area contributed by atoms with Gasteiger partial charge in [0.1, 0.15) is 5.82 Å². The lowest BCUT2D eigenvalue weighted by molar-refractivity contribution is 0.0916. The summed E-state index contributed by atoms with van der Waals surface area (Å²) in [5.74, 6) is 0.661. The van der Waals surface area contributed by atoms with Crippen molar-refractivity contribution in [1.82, 2.24) is 10.3 Å². The second-order valence-corrected chi connectivity index (χ2v) is 6.31. The van der Waals surface area contributed by atoms with Crippen LogP contribution in [0.2, 0.25) is 5.02 Å². The molecule has 2 heterocycles. The molecule has 2 N–H and O–H groups in total. The number of aliphatic hydroxyl groups is 1. The summed E-state index contributed by atoms with van der Waals surface area (Å²) in [7, 11) is 0. The summed E-state index contributed by atoms with van der Waals surface area (Å²) in [6, 6.07) is 10.5. The van der Waals surface area contributed by atoms with Gasteiger partial charge in [-0.3, -0.25) is 4.79 Å². The van der Waals surface area contributed by atoms with Crippen LogP contribution in [-0.4, -0.2) is 35.6 Å².